The van der Waals surface area contributed by atoms with E-state index < -0.39 is 5.60 Å². The Hall–Kier alpha value is -0.450. The molecule has 1 rings (SSSR count). The van der Waals surface area contributed by atoms with E-state index in [2.05, 4.69) is 33.2 Å². The first-order valence-electron chi connectivity index (χ1n) is 5.56. The Bertz CT molecular complexity index is 329. The van der Waals surface area contributed by atoms with E-state index in [1.165, 1.54) is 0 Å². The van der Waals surface area contributed by atoms with E-state index in [0.29, 0.717) is 6.42 Å². The van der Waals surface area contributed by atoms with Gasteiger partial charge in [-0.05, 0) is 54.0 Å². The molecule has 0 amide bonds. The van der Waals surface area contributed by atoms with Gasteiger partial charge < -0.3 is 10.4 Å². The number of aliphatic hydroxyl groups is 1. The highest BCUT2D eigenvalue weighted by molar-refractivity contribution is 9.10. The molecule has 1 unspecified atom stereocenters. The van der Waals surface area contributed by atoms with Crippen LogP contribution in [0.25, 0.3) is 0 Å². The summed E-state index contributed by atoms with van der Waals surface area (Å²) in [6.45, 7) is 5.71. The molecular formula is C12H19BrN2O. The fraction of sp³-hybridized carbons (Fsp3) is 0.583. The van der Waals surface area contributed by atoms with Crippen LogP contribution in [0.5, 0.6) is 0 Å². The average molecular weight is 287 g/mol. The van der Waals surface area contributed by atoms with E-state index >= 15 is 0 Å². The van der Waals surface area contributed by atoms with E-state index in [-0.39, 0.29) is 0 Å². The molecule has 0 fully saturated rings. The largest absolute Gasteiger partial charge is 0.390 e. The monoisotopic (exact) mass is 286 g/mol. The van der Waals surface area contributed by atoms with Crippen LogP contribution < -0.4 is 5.32 Å². The molecule has 16 heavy (non-hydrogen) atoms. The highest BCUT2D eigenvalue weighted by Crippen LogP contribution is 2.18. The fourth-order valence-corrected chi connectivity index (χ4v) is 2.03. The maximum Gasteiger partial charge on any atom is 0.0672 e. The Kier molecular flexibility index (Phi) is 5.38. The molecule has 0 aliphatic carbocycles. The van der Waals surface area contributed by atoms with Crippen LogP contribution >= 0.6 is 15.9 Å². The van der Waals surface area contributed by atoms with Crippen LogP contribution in [0.1, 0.15) is 25.8 Å². The number of nitrogens with one attached hydrogen (secondary N) is 1. The third-order valence-corrected chi connectivity index (χ3v) is 2.87. The van der Waals surface area contributed by atoms with E-state index in [0.717, 1.165) is 29.5 Å². The number of halogens is 1. The molecule has 0 bridgehead atoms. The molecule has 3 nitrogen and oxygen atoms in total. The van der Waals surface area contributed by atoms with Crippen LogP contribution in [0.4, 0.5) is 0 Å². The van der Waals surface area contributed by atoms with Gasteiger partial charge >= 0.3 is 0 Å². The molecule has 1 aromatic heterocycles. The predicted molar refractivity (Wildman–Crippen MR) is 69.4 cm³/mol. The van der Waals surface area contributed by atoms with Crippen LogP contribution in [-0.2, 0) is 6.42 Å². The zero-order valence-corrected chi connectivity index (χ0v) is 11.4. The summed E-state index contributed by atoms with van der Waals surface area (Å²) in [5, 5.41) is 13.4. The summed E-state index contributed by atoms with van der Waals surface area (Å²) in [7, 11) is 0. The van der Waals surface area contributed by atoms with Crippen molar-refractivity contribution in [3.8, 4) is 0 Å². The summed E-state index contributed by atoms with van der Waals surface area (Å²) in [5.41, 5.74) is 0.376. The maximum atomic E-state index is 10.2. The molecule has 0 radical (unpaired) electrons. The van der Waals surface area contributed by atoms with Crippen molar-refractivity contribution in [1.29, 1.82) is 0 Å². The van der Waals surface area contributed by atoms with Crippen molar-refractivity contribution in [3.05, 3.63) is 28.5 Å². The standard InChI is InChI=1S/C12H19BrN2O/c1-3-14-5-4-12(2,16)7-10-6-11(13)9-15-8-10/h6,8-9,14,16H,3-5,7H2,1-2H3. The molecule has 2 N–H and O–H groups in total. The van der Waals surface area contributed by atoms with E-state index in [1.807, 2.05) is 13.0 Å². The normalized spacial score (nSPS) is 14.8. The van der Waals surface area contributed by atoms with Gasteiger partial charge in [0, 0.05) is 23.3 Å². The van der Waals surface area contributed by atoms with Gasteiger partial charge in [0.05, 0.1) is 5.60 Å². The minimum atomic E-state index is -0.676. The van der Waals surface area contributed by atoms with Gasteiger partial charge in [0.2, 0.25) is 0 Å². The van der Waals surface area contributed by atoms with Crippen molar-refractivity contribution in [2.75, 3.05) is 13.1 Å². The number of pyridine rings is 1. The first-order valence-corrected chi connectivity index (χ1v) is 6.35. The lowest BCUT2D eigenvalue weighted by atomic mass is 9.94. The minimum Gasteiger partial charge on any atom is -0.390 e. The second-order valence-electron chi connectivity index (χ2n) is 4.29. The topological polar surface area (TPSA) is 45.1 Å². The number of rotatable bonds is 6. The molecule has 1 aromatic rings. The van der Waals surface area contributed by atoms with Crippen LogP contribution in [0.2, 0.25) is 0 Å². The number of hydrogen-bond donors (Lipinski definition) is 2. The van der Waals surface area contributed by atoms with Crippen molar-refractivity contribution in [3.63, 3.8) is 0 Å². The minimum absolute atomic E-state index is 0.630. The highest BCUT2D eigenvalue weighted by Gasteiger charge is 2.20. The molecule has 0 saturated carbocycles. The van der Waals surface area contributed by atoms with E-state index in [1.54, 1.807) is 12.4 Å². The summed E-state index contributed by atoms with van der Waals surface area (Å²) in [6.07, 6.45) is 4.92. The van der Waals surface area contributed by atoms with Gasteiger partial charge in [-0.25, -0.2) is 0 Å². The van der Waals surface area contributed by atoms with Crippen molar-refractivity contribution < 1.29 is 5.11 Å². The molecule has 0 aliphatic heterocycles. The molecule has 0 aromatic carbocycles. The maximum absolute atomic E-state index is 10.2. The summed E-state index contributed by atoms with van der Waals surface area (Å²) in [5.74, 6) is 0. The number of aromatic nitrogens is 1. The molecule has 90 valence electrons. The Morgan fingerprint density at radius 2 is 2.25 bits per heavy atom. The van der Waals surface area contributed by atoms with Gasteiger partial charge in [-0.3, -0.25) is 4.98 Å². The lowest BCUT2D eigenvalue weighted by Crippen LogP contribution is -2.32. The van der Waals surface area contributed by atoms with Crippen molar-refractivity contribution in [1.82, 2.24) is 10.3 Å². The smallest absolute Gasteiger partial charge is 0.0672 e. The summed E-state index contributed by atoms with van der Waals surface area (Å²) < 4.78 is 0.951. The van der Waals surface area contributed by atoms with Gasteiger partial charge in [0.15, 0.2) is 0 Å². The highest BCUT2D eigenvalue weighted by atomic mass is 79.9. The predicted octanol–water partition coefficient (Wildman–Crippen LogP) is 2.14. The molecule has 0 saturated heterocycles. The number of hydrogen-bond acceptors (Lipinski definition) is 3. The third kappa shape index (κ3) is 5.05. The van der Waals surface area contributed by atoms with Crippen LogP contribution in [0, 0.1) is 0 Å². The van der Waals surface area contributed by atoms with E-state index in [4.69, 9.17) is 0 Å². The van der Waals surface area contributed by atoms with E-state index in [9.17, 15) is 5.11 Å². The van der Waals surface area contributed by atoms with Crippen LogP contribution in [0.3, 0.4) is 0 Å². The lowest BCUT2D eigenvalue weighted by Gasteiger charge is -2.23. The first-order chi connectivity index (χ1) is 7.53. The van der Waals surface area contributed by atoms with Gasteiger partial charge in [0.1, 0.15) is 0 Å². The van der Waals surface area contributed by atoms with Gasteiger partial charge in [-0.2, -0.15) is 0 Å². The van der Waals surface area contributed by atoms with Crippen molar-refractivity contribution >= 4 is 15.9 Å². The van der Waals surface area contributed by atoms with Gasteiger partial charge in [-0.15, -0.1) is 0 Å². The second kappa shape index (κ2) is 6.33. The summed E-state index contributed by atoms with van der Waals surface area (Å²) >= 11 is 3.38. The zero-order valence-electron chi connectivity index (χ0n) is 9.83. The Morgan fingerprint density at radius 1 is 1.50 bits per heavy atom. The SMILES string of the molecule is CCNCCC(C)(O)Cc1cncc(Br)c1. The molecular weight excluding hydrogens is 268 g/mol. The fourth-order valence-electron chi connectivity index (χ4n) is 1.62. The lowest BCUT2D eigenvalue weighted by molar-refractivity contribution is 0.0516. The molecule has 0 spiro atoms. The first kappa shape index (κ1) is 13.6. The van der Waals surface area contributed by atoms with Crippen LogP contribution in [-0.4, -0.2) is 28.8 Å². The van der Waals surface area contributed by atoms with Gasteiger partial charge in [-0.1, -0.05) is 6.92 Å². The Balaban J connectivity index is 2.51. The Morgan fingerprint density at radius 3 is 2.88 bits per heavy atom. The molecule has 0 aliphatic rings. The zero-order chi connectivity index (χ0) is 12.0. The average Bonchev–Trinajstić information content (AvgIpc) is 2.17. The number of nitrogens with zero attached hydrogens (tertiary/aromatic N) is 1. The van der Waals surface area contributed by atoms with Crippen molar-refractivity contribution in [2.24, 2.45) is 0 Å². The molecule has 1 heterocycles. The third-order valence-electron chi connectivity index (χ3n) is 2.44. The summed E-state index contributed by atoms with van der Waals surface area (Å²) in [4.78, 5) is 4.09. The molecule has 4 heteroatoms. The van der Waals surface area contributed by atoms with Crippen molar-refractivity contribution in [2.45, 2.75) is 32.3 Å². The Labute approximate surface area is 105 Å². The van der Waals surface area contributed by atoms with Crippen LogP contribution in [0.15, 0.2) is 22.9 Å². The quantitative estimate of drug-likeness (QED) is 0.788. The summed E-state index contributed by atoms with van der Waals surface area (Å²) in [6, 6.07) is 1.99. The second-order valence-corrected chi connectivity index (χ2v) is 5.20. The molecule has 1 atom stereocenters. The van der Waals surface area contributed by atoms with Gasteiger partial charge in [0.25, 0.3) is 0 Å².